The second-order valence-electron chi connectivity index (χ2n) is 3.84. The molecule has 96 valence electrons. The van der Waals surface area contributed by atoms with Gasteiger partial charge in [0.1, 0.15) is 0 Å². The van der Waals surface area contributed by atoms with E-state index >= 15 is 0 Å². The minimum atomic E-state index is -0.262. The van der Waals surface area contributed by atoms with Crippen molar-refractivity contribution in [2.45, 2.75) is 39.2 Å². The summed E-state index contributed by atoms with van der Waals surface area (Å²) in [5.41, 5.74) is 0. The Balaban J connectivity index is 2.37. The molecule has 2 N–H and O–H groups in total. The van der Waals surface area contributed by atoms with E-state index in [1.807, 2.05) is 13.8 Å². The van der Waals surface area contributed by atoms with Crippen molar-refractivity contribution in [3.8, 4) is 5.88 Å². The number of ether oxygens (including phenoxy) is 1. The van der Waals surface area contributed by atoms with Gasteiger partial charge >= 0.3 is 0 Å². The molecule has 1 aromatic rings. The van der Waals surface area contributed by atoms with Crippen LogP contribution in [0.15, 0.2) is 12.3 Å². The maximum atomic E-state index is 9.40. The lowest BCUT2D eigenvalue weighted by atomic mass is 10.2. The highest BCUT2D eigenvalue weighted by Gasteiger charge is 2.02. The number of aliphatic hydroxyl groups is 1. The molecule has 1 atom stereocenters. The molecule has 0 saturated carbocycles. The first-order valence-electron chi connectivity index (χ1n) is 6.14. The van der Waals surface area contributed by atoms with E-state index in [1.165, 1.54) is 0 Å². The van der Waals surface area contributed by atoms with Crippen LogP contribution in [-0.2, 0) is 0 Å². The maximum absolute atomic E-state index is 9.40. The van der Waals surface area contributed by atoms with E-state index in [4.69, 9.17) is 4.74 Å². The molecule has 1 rings (SSSR count). The molecule has 5 heteroatoms. The standard InChI is InChI=1S/C12H21N3O2/c1-3-9-17-11-6-8-14-12(15-11)13-7-5-10(16)4-2/h6,8,10,16H,3-5,7,9H2,1-2H3,(H,13,14,15). The van der Waals surface area contributed by atoms with Crippen LogP contribution in [0.3, 0.4) is 0 Å². The summed E-state index contributed by atoms with van der Waals surface area (Å²) in [6, 6.07) is 1.74. The van der Waals surface area contributed by atoms with Gasteiger partial charge in [0.25, 0.3) is 0 Å². The lowest BCUT2D eigenvalue weighted by Gasteiger charge is -2.09. The molecule has 0 saturated heterocycles. The van der Waals surface area contributed by atoms with Gasteiger partial charge in [-0.25, -0.2) is 4.98 Å². The van der Waals surface area contributed by atoms with Gasteiger partial charge in [0.2, 0.25) is 11.8 Å². The molecule has 0 aliphatic heterocycles. The third-order valence-electron chi connectivity index (χ3n) is 2.32. The lowest BCUT2D eigenvalue weighted by molar-refractivity contribution is 0.164. The minimum absolute atomic E-state index is 0.262. The van der Waals surface area contributed by atoms with Crippen molar-refractivity contribution in [1.29, 1.82) is 0 Å². The smallest absolute Gasteiger partial charge is 0.225 e. The molecule has 5 nitrogen and oxygen atoms in total. The van der Waals surface area contributed by atoms with Crippen molar-refractivity contribution in [2.75, 3.05) is 18.5 Å². The van der Waals surface area contributed by atoms with E-state index in [2.05, 4.69) is 15.3 Å². The fourth-order valence-corrected chi connectivity index (χ4v) is 1.27. The number of nitrogens with one attached hydrogen (secondary N) is 1. The second kappa shape index (κ2) is 7.84. The van der Waals surface area contributed by atoms with Crippen LogP contribution in [0.25, 0.3) is 0 Å². The number of hydrogen-bond donors (Lipinski definition) is 2. The van der Waals surface area contributed by atoms with Gasteiger partial charge in [-0.05, 0) is 19.3 Å². The lowest BCUT2D eigenvalue weighted by Crippen LogP contribution is -2.13. The second-order valence-corrected chi connectivity index (χ2v) is 3.84. The third kappa shape index (κ3) is 5.49. The summed E-state index contributed by atoms with van der Waals surface area (Å²) < 4.78 is 5.40. The Morgan fingerprint density at radius 1 is 1.47 bits per heavy atom. The van der Waals surface area contributed by atoms with Crippen LogP contribution in [0.2, 0.25) is 0 Å². The summed E-state index contributed by atoms with van der Waals surface area (Å²) in [4.78, 5) is 8.29. The summed E-state index contributed by atoms with van der Waals surface area (Å²) in [6.45, 7) is 5.32. The fraction of sp³-hybridized carbons (Fsp3) is 0.667. The molecule has 0 bridgehead atoms. The number of hydrogen-bond acceptors (Lipinski definition) is 5. The molecule has 0 amide bonds. The molecule has 1 heterocycles. The number of aliphatic hydroxyl groups excluding tert-OH is 1. The van der Waals surface area contributed by atoms with E-state index in [9.17, 15) is 5.11 Å². The largest absolute Gasteiger partial charge is 0.478 e. The molecular formula is C12H21N3O2. The van der Waals surface area contributed by atoms with Crippen molar-refractivity contribution >= 4 is 5.95 Å². The van der Waals surface area contributed by atoms with E-state index in [0.29, 0.717) is 31.4 Å². The van der Waals surface area contributed by atoms with Crippen LogP contribution in [0.4, 0.5) is 5.95 Å². The molecule has 1 unspecified atom stereocenters. The Morgan fingerprint density at radius 2 is 2.29 bits per heavy atom. The Morgan fingerprint density at radius 3 is 3.00 bits per heavy atom. The number of rotatable bonds is 8. The highest BCUT2D eigenvalue weighted by Crippen LogP contribution is 2.08. The Labute approximate surface area is 102 Å². The summed E-state index contributed by atoms with van der Waals surface area (Å²) >= 11 is 0. The normalized spacial score (nSPS) is 12.2. The molecule has 0 spiro atoms. The number of anilines is 1. The predicted molar refractivity (Wildman–Crippen MR) is 67.2 cm³/mol. The Hall–Kier alpha value is -1.36. The quantitative estimate of drug-likeness (QED) is 0.724. The van der Waals surface area contributed by atoms with Crippen LogP contribution in [0.5, 0.6) is 5.88 Å². The molecule has 1 aromatic heterocycles. The minimum Gasteiger partial charge on any atom is -0.478 e. The van der Waals surface area contributed by atoms with Crippen LogP contribution in [0, 0.1) is 0 Å². The maximum Gasteiger partial charge on any atom is 0.225 e. The zero-order valence-corrected chi connectivity index (χ0v) is 10.5. The zero-order valence-electron chi connectivity index (χ0n) is 10.5. The zero-order chi connectivity index (χ0) is 12.5. The summed E-state index contributed by atoms with van der Waals surface area (Å²) in [6.07, 6.45) is 3.82. The fourth-order valence-electron chi connectivity index (χ4n) is 1.27. The van der Waals surface area contributed by atoms with E-state index in [1.54, 1.807) is 12.3 Å². The Kier molecular flexibility index (Phi) is 6.32. The van der Waals surface area contributed by atoms with Gasteiger partial charge in [-0.3, -0.25) is 0 Å². The van der Waals surface area contributed by atoms with Crippen molar-refractivity contribution in [3.05, 3.63) is 12.3 Å². The molecule has 0 fully saturated rings. The van der Waals surface area contributed by atoms with Gasteiger partial charge in [-0.2, -0.15) is 4.98 Å². The van der Waals surface area contributed by atoms with Gasteiger partial charge < -0.3 is 15.2 Å². The first-order chi connectivity index (χ1) is 8.26. The monoisotopic (exact) mass is 239 g/mol. The van der Waals surface area contributed by atoms with Crippen molar-refractivity contribution < 1.29 is 9.84 Å². The van der Waals surface area contributed by atoms with Crippen LogP contribution < -0.4 is 10.1 Å². The van der Waals surface area contributed by atoms with Crippen LogP contribution in [0.1, 0.15) is 33.1 Å². The molecule has 0 aromatic carbocycles. The highest BCUT2D eigenvalue weighted by atomic mass is 16.5. The first kappa shape index (κ1) is 13.7. The van der Waals surface area contributed by atoms with Gasteiger partial charge in [0.15, 0.2) is 0 Å². The average molecular weight is 239 g/mol. The third-order valence-corrected chi connectivity index (χ3v) is 2.32. The highest BCUT2D eigenvalue weighted by molar-refractivity contribution is 5.27. The van der Waals surface area contributed by atoms with Gasteiger partial charge in [-0.1, -0.05) is 13.8 Å². The first-order valence-corrected chi connectivity index (χ1v) is 6.14. The van der Waals surface area contributed by atoms with E-state index in [0.717, 1.165) is 12.8 Å². The molecule has 0 aliphatic carbocycles. The topological polar surface area (TPSA) is 67.3 Å². The van der Waals surface area contributed by atoms with Gasteiger partial charge in [0.05, 0.1) is 12.7 Å². The molecule has 17 heavy (non-hydrogen) atoms. The summed E-state index contributed by atoms with van der Waals surface area (Å²) in [5, 5.41) is 12.5. The predicted octanol–water partition coefficient (Wildman–Crippen LogP) is 1.84. The van der Waals surface area contributed by atoms with Crippen molar-refractivity contribution in [3.63, 3.8) is 0 Å². The molecular weight excluding hydrogens is 218 g/mol. The summed E-state index contributed by atoms with van der Waals surface area (Å²) in [5.74, 6) is 1.13. The Bertz CT molecular complexity index is 320. The molecule has 0 aliphatic rings. The molecule has 0 radical (unpaired) electrons. The van der Waals surface area contributed by atoms with Gasteiger partial charge in [-0.15, -0.1) is 0 Å². The van der Waals surface area contributed by atoms with Gasteiger partial charge in [0, 0.05) is 18.8 Å². The van der Waals surface area contributed by atoms with E-state index < -0.39 is 0 Å². The van der Waals surface area contributed by atoms with Crippen LogP contribution in [-0.4, -0.2) is 34.3 Å². The average Bonchev–Trinajstić information content (AvgIpc) is 2.36. The SMILES string of the molecule is CCCOc1ccnc(NCCC(O)CC)n1. The van der Waals surface area contributed by atoms with Crippen molar-refractivity contribution in [1.82, 2.24) is 9.97 Å². The van der Waals surface area contributed by atoms with Crippen molar-refractivity contribution in [2.24, 2.45) is 0 Å². The number of aromatic nitrogens is 2. The number of nitrogens with zero attached hydrogens (tertiary/aromatic N) is 2. The van der Waals surface area contributed by atoms with E-state index in [-0.39, 0.29) is 6.10 Å². The summed E-state index contributed by atoms with van der Waals surface area (Å²) in [7, 11) is 0. The van der Waals surface area contributed by atoms with Crippen LogP contribution >= 0.6 is 0 Å².